The summed E-state index contributed by atoms with van der Waals surface area (Å²) in [5.74, 6) is -0.818. The summed E-state index contributed by atoms with van der Waals surface area (Å²) in [6.45, 7) is 13.7. The molecule has 0 aromatic rings. The molecule has 0 bridgehead atoms. The molecule has 10 aliphatic rings. The van der Waals surface area contributed by atoms with Crippen LogP contribution in [0.15, 0.2) is 11.6 Å². The van der Waals surface area contributed by atoms with Gasteiger partial charge in [0.15, 0.2) is 44.0 Å². The number of allylic oxidation sites excluding steroid dienone is 2. The quantitative estimate of drug-likeness (QED) is 0.0424. The Hall–Kier alpha value is -1.50. The van der Waals surface area contributed by atoms with Crippen LogP contribution in [0.4, 0.5) is 0 Å². The van der Waals surface area contributed by atoms with Gasteiger partial charge in [-0.2, -0.15) is 0 Å². The van der Waals surface area contributed by atoms with E-state index in [-0.39, 0.29) is 29.1 Å². The van der Waals surface area contributed by atoms with Crippen LogP contribution in [0, 0.1) is 45.3 Å². The van der Waals surface area contributed by atoms with Crippen LogP contribution in [0.2, 0.25) is 0 Å². The van der Waals surface area contributed by atoms with Crippen molar-refractivity contribution in [1.29, 1.82) is 0 Å². The molecule has 0 aromatic heterocycles. The molecule has 4 aliphatic carbocycles. The Morgan fingerprint density at radius 1 is 0.468 bits per heavy atom. The fourth-order valence-electron chi connectivity index (χ4n) is 18.3. The molecule has 0 aromatic carbocycles. The molecule has 10 rings (SSSR count). The maximum Gasteiger partial charge on any atom is 0.192 e. The molecule has 31 heteroatoms. The Morgan fingerprint density at radius 3 is 1.53 bits per heavy atom. The number of ether oxygens (including phenoxy) is 12. The third kappa shape index (κ3) is 13.6. The lowest BCUT2D eigenvalue weighted by Gasteiger charge is -2.71. The highest BCUT2D eigenvalue weighted by Gasteiger charge is 2.72. The fourth-order valence-corrected chi connectivity index (χ4v) is 18.3. The molecule has 38 unspecified atom stereocenters. The lowest BCUT2D eigenvalue weighted by Crippen LogP contribution is -2.68. The molecule has 10 fully saturated rings. The van der Waals surface area contributed by atoms with E-state index in [9.17, 15) is 97.0 Å². The Bertz CT molecular complexity index is 2520. The molecule has 0 amide bonds. The summed E-state index contributed by atoms with van der Waals surface area (Å²) in [7, 11) is 0. The summed E-state index contributed by atoms with van der Waals surface area (Å²) < 4.78 is 72.2. The van der Waals surface area contributed by atoms with Gasteiger partial charge >= 0.3 is 0 Å². The summed E-state index contributed by atoms with van der Waals surface area (Å²) in [6, 6.07) is 0. The smallest absolute Gasteiger partial charge is 0.192 e. The number of rotatable bonds is 19. The molecule has 19 N–H and O–H groups in total. The molecule has 38 atom stereocenters. The van der Waals surface area contributed by atoms with E-state index < -0.39 is 239 Å². The second-order valence-corrected chi connectivity index (χ2v) is 30.1. The van der Waals surface area contributed by atoms with Crippen LogP contribution in [-0.4, -0.2) is 320 Å². The predicted molar refractivity (Wildman–Crippen MR) is 315 cm³/mol. The van der Waals surface area contributed by atoms with Crippen molar-refractivity contribution in [1.82, 2.24) is 0 Å². The normalized spacial score (nSPS) is 53.6. The first-order valence-corrected chi connectivity index (χ1v) is 33.3. The Balaban J connectivity index is 0.849. The van der Waals surface area contributed by atoms with Crippen LogP contribution in [0.25, 0.3) is 0 Å². The highest BCUT2D eigenvalue weighted by Crippen LogP contribution is 2.76. The van der Waals surface area contributed by atoms with E-state index in [1.54, 1.807) is 0 Å². The van der Waals surface area contributed by atoms with Gasteiger partial charge in [0.25, 0.3) is 0 Å². The molecule has 0 spiro atoms. The Morgan fingerprint density at radius 2 is 0.957 bits per heavy atom. The zero-order chi connectivity index (χ0) is 68.8. The second-order valence-electron chi connectivity index (χ2n) is 30.1. The van der Waals surface area contributed by atoms with Crippen LogP contribution >= 0.6 is 0 Å². The molecular formula is C63H106O31. The molecule has 94 heavy (non-hydrogen) atoms. The summed E-state index contributed by atoms with van der Waals surface area (Å²) in [5.41, 5.74) is -2.10. The highest BCUT2D eigenvalue weighted by atomic mass is 16.8. The van der Waals surface area contributed by atoms with E-state index in [1.165, 1.54) is 0 Å². The molecular weight excluding hydrogens is 1250 g/mol. The van der Waals surface area contributed by atoms with Gasteiger partial charge in [-0.3, -0.25) is 0 Å². The molecule has 6 aliphatic heterocycles. The van der Waals surface area contributed by atoms with Crippen molar-refractivity contribution >= 4 is 0 Å². The third-order valence-corrected chi connectivity index (χ3v) is 24.0. The standard InChI is InChI=1S/C63H106O31/c1-24(2)10-9-14-63(8,94-56-49(82)41(74)40(73)31(88-56)23-85-54-47(80)42(75)48(81)55(93-54)92-53-46(79)37(70)28(68)22-84-53)25-11-16-62(7)35(25)26(66)18-33-60(5)15-13-34(59(3,4)32(60)12-17-61(33,62)6)89-57-50(43(76)38(71)29(19-64)86-57)91-58-51(44(77)39(72)30(20-65)87-58)90-52-45(78)36(69)27(67)21-83-52/h10,25-58,64-82H,9,11-23H2,1-8H3. The van der Waals surface area contributed by atoms with E-state index in [4.69, 9.17) is 56.8 Å². The van der Waals surface area contributed by atoms with Gasteiger partial charge in [-0.05, 0) is 124 Å². The van der Waals surface area contributed by atoms with Gasteiger partial charge in [0.05, 0.1) is 50.8 Å². The predicted octanol–water partition coefficient (Wildman–Crippen LogP) is -5.32. The third-order valence-electron chi connectivity index (χ3n) is 24.0. The zero-order valence-corrected chi connectivity index (χ0v) is 54.5. The number of hydrogen-bond acceptors (Lipinski definition) is 31. The minimum absolute atomic E-state index is 0.0462. The molecule has 31 nitrogen and oxygen atoms in total. The van der Waals surface area contributed by atoms with Crippen LogP contribution in [0.5, 0.6) is 0 Å². The van der Waals surface area contributed by atoms with Crippen LogP contribution in [0.1, 0.15) is 113 Å². The Labute approximate surface area is 545 Å². The first-order valence-electron chi connectivity index (χ1n) is 33.3. The minimum Gasteiger partial charge on any atom is -0.394 e. The average Bonchev–Trinajstić information content (AvgIpc) is 1.23. The molecule has 6 saturated heterocycles. The molecule has 6 heterocycles. The van der Waals surface area contributed by atoms with Crippen molar-refractivity contribution in [2.75, 3.05) is 33.0 Å². The van der Waals surface area contributed by atoms with Gasteiger partial charge in [0.1, 0.15) is 128 Å². The lowest BCUT2D eigenvalue weighted by molar-refractivity contribution is -0.396. The number of aliphatic hydroxyl groups excluding tert-OH is 19. The SMILES string of the molecule is CC(C)=CCCC(C)(OC1OC(COC2OC(OC3OCC(O)C(O)C3O)C(O)C(O)C2O)C(O)C(O)C1O)C1CCC2(C)C1C(O)CC1C3(C)CCC(OC4OC(CO)C(O)C(O)C4OC4OC(CO)C(O)C(O)C4OC4OCC(O)C(O)C4O)C(C)(C)C3CCC12C. The second kappa shape index (κ2) is 29.1. The first kappa shape index (κ1) is 75.2. The fraction of sp³-hybridized carbons (Fsp3) is 0.968. The largest absolute Gasteiger partial charge is 0.394 e. The minimum atomic E-state index is -1.96. The van der Waals surface area contributed by atoms with E-state index in [0.717, 1.165) is 12.0 Å². The van der Waals surface area contributed by atoms with E-state index in [0.29, 0.717) is 51.4 Å². The van der Waals surface area contributed by atoms with Crippen LogP contribution in [0.3, 0.4) is 0 Å². The first-order chi connectivity index (χ1) is 44.1. The topological polar surface area (TPSA) is 495 Å². The van der Waals surface area contributed by atoms with Crippen molar-refractivity contribution < 1.29 is 154 Å². The molecule has 544 valence electrons. The molecule has 0 radical (unpaired) electrons. The maximum atomic E-state index is 13.0. The van der Waals surface area contributed by atoms with Crippen molar-refractivity contribution in [2.45, 2.75) is 303 Å². The van der Waals surface area contributed by atoms with E-state index in [1.807, 2.05) is 20.8 Å². The van der Waals surface area contributed by atoms with Crippen molar-refractivity contribution in [3.63, 3.8) is 0 Å². The van der Waals surface area contributed by atoms with E-state index in [2.05, 4.69) is 40.7 Å². The zero-order valence-electron chi connectivity index (χ0n) is 54.5. The molecule has 4 saturated carbocycles. The number of fused-ring (bicyclic) bond motifs is 5. The lowest BCUT2D eigenvalue weighted by atomic mass is 9.35. The van der Waals surface area contributed by atoms with E-state index >= 15 is 0 Å². The van der Waals surface area contributed by atoms with Gasteiger partial charge in [-0.1, -0.05) is 46.3 Å². The van der Waals surface area contributed by atoms with Gasteiger partial charge in [-0.15, -0.1) is 0 Å². The van der Waals surface area contributed by atoms with Crippen LogP contribution < -0.4 is 0 Å². The van der Waals surface area contributed by atoms with Crippen molar-refractivity contribution in [3.05, 3.63) is 11.6 Å². The number of aliphatic hydroxyl groups is 19. The summed E-state index contributed by atoms with van der Waals surface area (Å²) in [5, 5.41) is 208. The van der Waals surface area contributed by atoms with Gasteiger partial charge in [0, 0.05) is 0 Å². The summed E-state index contributed by atoms with van der Waals surface area (Å²) >= 11 is 0. The van der Waals surface area contributed by atoms with Gasteiger partial charge < -0.3 is 154 Å². The van der Waals surface area contributed by atoms with Crippen LogP contribution in [-0.2, 0) is 56.8 Å². The Kier molecular flexibility index (Phi) is 23.3. The summed E-state index contributed by atoms with van der Waals surface area (Å²) in [4.78, 5) is 0. The van der Waals surface area contributed by atoms with Crippen molar-refractivity contribution in [2.24, 2.45) is 45.3 Å². The maximum absolute atomic E-state index is 13.0. The van der Waals surface area contributed by atoms with Gasteiger partial charge in [-0.25, -0.2) is 0 Å². The van der Waals surface area contributed by atoms with Gasteiger partial charge in [0.2, 0.25) is 0 Å². The average molecular weight is 1360 g/mol. The highest BCUT2D eigenvalue weighted by molar-refractivity contribution is 5.21. The summed E-state index contributed by atoms with van der Waals surface area (Å²) in [6.07, 6.45) is -42.6. The number of hydrogen-bond donors (Lipinski definition) is 19. The monoisotopic (exact) mass is 1360 g/mol. The van der Waals surface area contributed by atoms with Crippen molar-refractivity contribution in [3.8, 4) is 0 Å².